The van der Waals surface area contributed by atoms with E-state index in [-0.39, 0.29) is 22.1 Å². The maximum atomic E-state index is 12.5. The molecule has 0 bridgehead atoms. The second-order valence-electron chi connectivity index (χ2n) is 5.13. The third-order valence-corrected chi connectivity index (χ3v) is 4.94. The topological polar surface area (TPSA) is 99.1 Å². The Bertz CT molecular complexity index is 930. The largest absolute Gasteiger partial charge is 0.326 e. The predicted octanol–water partition coefficient (Wildman–Crippen LogP) is 2.24. The molecule has 0 aromatic heterocycles. The van der Waals surface area contributed by atoms with Crippen LogP contribution in [0.2, 0.25) is 0 Å². The number of fused-ring (bicyclic) bond motifs is 1. The number of benzene rings is 2. The summed E-state index contributed by atoms with van der Waals surface area (Å²) in [6.07, 6.45) is 0.834. The fraction of sp³-hybridized carbons (Fsp3) is 0.125. The molecule has 116 valence electrons. The zero-order valence-electron chi connectivity index (χ0n) is 12.0. The summed E-state index contributed by atoms with van der Waals surface area (Å²) >= 11 is 0. The number of hydrogen-bond acceptors (Lipinski definition) is 4. The molecule has 6 nitrogen and oxygen atoms in total. The normalized spacial score (nSPS) is 13.6. The average molecular weight is 327 g/mol. The van der Waals surface area contributed by atoms with Crippen molar-refractivity contribution >= 4 is 27.3 Å². The van der Waals surface area contributed by atoms with Crippen molar-refractivity contribution in [2.45, 2.75) is 17.7 Å². The molecule has 0 aliphatic carbocycles. The van der Waals surface area contributed by atoms with Crippen LogP contribution in [0.4, 0.5) is 11.4 Å². The summed E-state index contributed by atoms with van der Waals surface area (Å²) in [4.78, 5) is 11.4. The standard InChI is InChI=1S/C16H13N3O3S/c17-10-12-3-1-2-4-15(12)19-23(21,22)13-6-7-14-11(9-13)5-8-16(20)18-14/h1-4,6-7,9,19H,5,8H2,(H,18,20). The maximum absolute atomic E-state index is 12.5. The van der Waals surface area contributed by atoms with Gasteiger partial charge in [0.2, 0.25) is 5.91 Å². The zero-order valence-corrected chi connectivity index (χ0v) is 12.9. The maximum Gasteiger partial charge on any atom is 0.261 e. The van der Waals surface area contributed by atoms with Crippen LogP contribution < -0.4 is 10.0 Å². The third kappa shape index (κ3) is 3.03. The monoisotopic (exact) mass is 327 g/mol. The predicted molar refractivity (Wildman–Crippen MR) is 85.4 cm³/mol. The van der Waals surface area contributed by atoms with Crippen LogP contribution in [0.3, 0.4) is 0 Å². The highest BCUT2D eigenvalue weighted by molar-refractivity contribution is 7.92. The number of anilines is 2. The Morgan fingerprint density at radius 2 is 1.91 bits per heavy atom. The van der Waals surface area contributed by atoms with Crippen LogP contribution in [0.25, 0.3) is 0 Å². The van der Waals surface area contributed by atoms with Crippen LogP contribution in [0, 0.1) is 11.3 Å². The highest BCUT2D eigenvalue weighted by Gasteiger charge is 2.20. The summed E-state index contributed by atoms with van der Waals surface area (Å²) in [5.41, 5.74) is 1.90. The summed E-state index contributed by atoms with van der Waals surface area (Å²) in [6, 6.07) is 12.9. The molecular weight excluding hydrogens is 314 g/mol. The Hall–Kier alpha value is -2.85. The fourth-order valence-electron chi connectivity index (χ4n) is 2.40. The summed E-state index contributed by atoms with van der Waals surface area (Å²) in [7, 11) is -3.81. The van der Waals surface area contributed by atoms with Crippen LogP contribution >= 0.6 is 0 Å². The Kier molecular flexibility index (Phi) is 3.76. The van der Waals surface area contributed by atoms with Gasteiger partial charge in [-0.3, -0.25) is 9.52 Å². The van der Waals surface area contributed by atoms with E-state index in [1.165, 1.54) is 12.1 Å². The van der Waals surface area contributed by atoms with Crippen molar-refractivity contribution in [1.82, 2.24) is 0 Å². The lowest BCUT2D eigenvalue weighted by Gasteiger charge is -2.18. The Balaban J connectivity index is 1.94. The zero-order chi connectivity index (χ0) is 16.4. The number of nitrogens with zero attached hydrogens (tertiary/aromatic N) is 1. The van der Waals surface area contributed by atoms with Gasteiger partial charge in [-0.15, -0.1) is 0 Å². The number of rotatable bonds is 3. The molecule has 2 aromatic rings. The molecule has 2 aromatic carbocycles. The van der Waals surface area contributed by atoms with Crippen LogP contribution in [-0.4, -0.2) is 14.3 Å². The molecule has 0 spiro atoms. The molecule has 0 saturated heterocycles. The van der Waals surface area contributed by atoms with Crippen molar-refractivity contribution < 1.29 is 13.2 Å². The molecule has 1 amide bonds. The van der Waals surface area contributed by atoms with Gasteiger partial charge in [0.05, 0.1) is 16.1 Å². The van der Waals surface area contributed by atoms with E-state index in [2.05, 4.69) is 10.0 Å². The first-order valence-electron chi connectivity index (χ1n) is 6.94. The van der Waals surface area contributed by atoms with Crippen LogP contribution in [0.1, 0.15) is 17.5 Å². The molecule has 7 heteroatoms. The lowest BCUT2D eigenvalue weighted by molar-refractivity contribution is -0.116. The number of carbonyl (C=O) groups is 1. The Morgan fingerprint density at radius 3 is 2.70 bits per heavy atom. The van der Waals surface area contributed by atoms with Gasteiger partial charge in [-0.25, -0.2) is 8.42 Å². The van der Waals surface area contributed by atoms with E-state index in [0.29, 0.717) is 18.5 Å². The van der Waals surface area contributed by atoms with Crippen LogP contribution in [0.15, 0.2) is 47.4 Å². The summed E-state index contributed by atoms with van der Waals surface area (Å²) < 4.78 is 27.5. The van der Waals surface area contributed by atoms with Gasteiger partial charge in [-0.05, 0) is 42.3 Å². The molecule has 1 aliphatic rings. The molecule has 0 fully saturated rings. The van der Waals surface area contributed by atoms with Crippen molar-refractivity contribution in [2.75, 3.05) is 10.0 Å². The van der Waals surface area contributed by atoms with E-state index in [9.17, 15) is 13.2 Å². The van der Waals surface area contributed by atoms with Gasteiger partial charge >= 0.3 is 0 Å². The lowest BCUT2D eigenvalue weighted by Crippen LogP contribution is -2.20. The molecule has 23 heavy (non-hydrogen) atoms. The van der Waals surface area contributed by atoms with Crippen LogP contribution in [0.5, 0.6) is 0 Å². The van der Waals surface area contributed by atoms with Crippen molar-refractivity contribution in [2.24, 2.45) is 0 Å². The first-order chi connectivity index (χ1) is 11.0. The first kappa shape index (κ1) is 15.1. The summed E-state index contributed by atoms with van der Waals surface area (Å²) in [5, 5.41) is 11.8. The number of hydrogen-bond donors (Lipinski definition) is 2. The minimum absolute atomic E-state index is 0.0748. The molecule has 0 unspecified atom stereocenters. The minimum Gasteiger partial charge on any atom is -0.326 e. The van der Waals surface area contributed by atoms with Gasteiger partial charge in [-0.1, -0.05) is 12.1 Å². The number of sulfonamides is 1. The second kappa shape index (κ2) is 5.74. The van der Waals surface area contributed by atoms with E-state index in [0.717, 1.165) is 5.56 Å². The Labute approximate surface area is 133 Å². The van der Waals surface area contributed by atoms with E-state index >= 15 is 0 Å². The SMILES string of the molecule is N#Cc1ccccc1NS(=O)(=O)c1ccc2c(c1)CCC(=O)N2. The quantitative estimate of drug-likeness (QED) is 0.903. The van der Waals surface area contributed by atoms with Crippen molar-refractivity contribution in [3.8, 4) is 6.07 Å². The van der Waals surface area contributed by atoms with Gasteiger partial charge in [0.25, 0.3) is 10.0 Å². The van der Waals surface area contributed by atoms with E-state index in [1.54, 1.807) is 30.3 Å². The van der Waals surface area contributed by atoms with Gasteiger partial charge in [0.1, 0.15) is 6.07 Å². The molecule has 0 saturated carbocycles. The lowest BCUT2D eigenvalue weighted by atomic mass is 10.0. The molecule has 1 aliphatic heterocycles. The second-order valence-corrected chi connectivity index (χ2v) is 6.81. The van der Waals surface area contributed by atoms with Crippen LogP contribution in [-0.2, 0) is 21.2 Å². The number of nitrogens with one attached hydrogen (secondary N) is 2. The van der Waals surface area contributed by atoms with Gasteiger partial charge in [0, 0.05) is 12.1 Å². The molecule has 3 rings (SSSR count). The smallest absolute Gasteiger partial charge is 0.261 e. The highest BCUT2D eigenvalue weighted by Crippen LogP contribution is 2.27. The number of nitriles is 1. The first-order valence-corrected chi connectivity index (χ1v) is 8.42. The van der Waals surface area contributed by atoms with Gasteiger partial charge < -0.3 is 5.32 Å². The molecule has 0 radical (unpaired) electrons. The van der Waals surface area contributed by atoms with Crippen molar-refractivity contribution in [3.05, 3.63) is 53.6 Å². The van der Waals surface area contributed by atoms with Crippen molar-refractivity contribution in [3.63, 3.8) is 0 Å². The molecule has 2 N–H and O–H groups in total. The molecule has 1 heterocycles. The average Bonchev–Trinajstić information content (AvgIpc) is 2.54. The molecular formula is C16H13N3O3S. The fourth-order valence-corrected chi connectivity index (χ4v) is 3.53. The number of para-hydroxylation sites is 1. The number of carbonyl (C=O) groups excluding carboxylic acids is 1. The number of aryl methyl sites for hydroxylation is 1. The van der Waals surface area contributed by atoms with Gasteiger partial charge in [-0.2, -0.15) is 5.26 Å². The Morgan fingerprint density at radius 1 is 1.13 bits per heavy atom. The minimum atomic E-state index is -3.81. The summed E-state index contributed by atoms with van der Waals surface area (Å²) in [6.45, 7) is 0. The highest BCUT2D eigenvalue weighted by atomic mass is 32.2. The van der Waals surface area contributed by atoms with E-state index in [4.69, 9.17) is 5.26 Å². The van der Waals surface area contributed by atoms with Gasteiger partial charge in [0.15, 0.2) is 0 Å². The number of amides is 1. The van der Waals surface area contributed by atoms with E-state index < -0.39 is 10.0 Å². The molecule has 0 atom stereocenters. The van der Waals surface area contributed by atoms with E-state index in [1.807, 2.05) is 6.07 Å². The van der Waals surface area contributed by atoms with Crippen molar-refractivity contribution in [1.29, 1.82) is 5.26 Å². The summed E-state index contributed by atoms with van der Waals surface area (Å²) in [5.74, 6) is -0.0748. The third-order valence-electron chi connectivity index (χ3n) is 3.57.